The second-order valence-electron chi connectivity index (χ2n) is 2.02. The minimum atomic E-state index is -0.711. The lowest BCUT2D eigenvalue weighted by molar-refractivity contribution is -0.107. The summed E-state index contributed by atoms with van der Waals surface area (Å²) >= 11 is 0. The highest BCUT2D eigenvalue weighted by molar-refractivity contribution is 5.48. The van der Waals surface area contributed by atoms with Gasteiger partial charge in [0.15, 0.2) is 0 Å². The van der Waals surface area contributed by atoms with Gasteiger partial charge in [-0.05, 0) is 19.3 Å². The van der Waals surface area contributed by atoms with Crippen molar-refractivity contribution in [1.82, 2.24) is 0 Å². The fourth-order valence-electron chi connectivity index (χ4n) is 0.581. The van der Waals surface area contributed by atoms with Gasteiger partial charge in [-0.1, -0.05) is 0 Å². The van der Waals surface area contributed by atoms with Crippen LogP contribution in [0.25, 0.3) is 0 Å². The zero-order valence-corrected chi connectivity index (χ0v) is 5.42. The van der Waals surface area contributed by atoms with Crippen molar-refractivity contribution in [3.63, 3.8) is 0 Å². The molecule has 0 amide bonds. The van der Waals surface area contributed by atoms with Crippen molar-refractivity contribution < 1.29 is 9.90 Å². The molecule has 1 atom stereocenters. The first-order chi connectivity index (χ1) is 4.27. The minimum Gasteiger partial charge on any atom is -0.379 e. The second kappa shape index (κ2) is 5.72. The van der Waals surface area contributed by atoms with E-state index in [1.165, 1.54) is 0 Å². The molecule has 3 nitrogen and oxygen atoms in total. The number of hydrogen-bond acceptors (Lipinski definition) is 3. The van der Waals surface area contributed by atoms with E-state index >= 15 is 0 Å². The van der Waals surface area contributed by atoms with Crippen molar-refractivity contribution in [3.05, 3.63) is 0 Å². The number of aliphatic hydroxyl groups excluding tert-OH is 1. The summed E-state index contributed by atoms with van der Waals surface area (Å²) < 4.78 is 0. The molecule has 0 saturated heterocycles. The Morgan fingerprint density at radius 1 is 1.56 bits per heavy atom. The van der Waals surface area contributed by atoms with Crippen LogP contribution in [0.2, 0.25) is 0 Å². The van der Waals surface area contributed by atoms with Gasteiger partial charge < -0.3 is 15.6 Å². The van der Waals surface area contributed by atoms with E-state index in [4.69, 9.17) is 10.8 Å². The molecule has 0 aromatic heterocycles. The van der Waals surface area contributed by atoms with Crippen LogP contribution in [0.15, 0.2) is 0 Å². The summed E-state index contributed by atoms with van der Waals surface area (Å²) in [6, 6.07) is 0. The van der Waals surface area contributed by atoms with Gasteiger partial charge in [0.25, 0.3) is 0 Å². The van der Waals surface area contributed by atoms with E-state index in [1.807, 2.05) is 0 Å². The van der Waals surface area contributed by atoms with Crippen LogP contribution < -0.4 is 5.73 Å². The zero-order valence-electron chi connectivity index (χ0n) is 5.42. The largest absolute Gasteiger partial charge is 0.379 e. The molecule has 0 fully saturated rings. The molecule has 0 spiro atoms. The van der Waals surface area contributed by atoms with Crippen molar-refractivity contribution in [1.29, 1.82) is 0 Å². The highest BCUT2D eigenvalue weighted by Gasteiger charge is 1.93. The zero-order chi connectivity index (χ0) is 7.11. The fraction of sp³-hybridized carbons (Fsp3) is 0.833. The molecule has 1 unspecified atom stereocenters. The van der Waals surface area contributed by atoms with Crippen LogP contribution in [0, 0.1) is 0 Å². The van der Waals surface area contributed by atoms with Crippen molar-refractivity contribution in [2.45, 2.75) is 31.9 Å². The fourth-order valence-corrected chi connectivity index (χ4v) is 0.581. The molecule has 0 rings (SSSR count). The topological polar surface area (TPSA) is 63.3 Å². The highest BCUT2D eigenvalue weighted by atomic mass is 16.3. The number of rotatable bonds is 5. The lowest BCUT2D eigenvalue weighted by Gasteiger charge is -2.00. The number of aliphatic hydroxyl groups is 1. The second-order valence-corrected chi connectivity index (χ2v) is 2.02. The molecule has 0 aliphatic carbocycles. The Morgan fingerprint density at radius 2 is 2.22 bits per heavy atom. The van der Waals surface area contributed by atoms with Crippen LogP contribution in [-0.2, 0) is 4.79 Å². The number of hydrogen-bond donors (Lipinski definition) is 2. The van der Waals surface area contributed by atoms with Crippen LogP contribution in [0.5, 0.6) is 0 Å². The van der Waals surface area contributed by atoms with Gasteiger partial charge in [0.05, 0.1) is 0 Å². The first kappa shape index (κ1) is 8.59. The molecule has 0 bridgehead atoms. The van der Waals surface area contributed by atoms with E-state index < -0.39 is 6.23 Å². The summed E-state index contributed by atoms with van der Waals surface area (Å²) in [4.78, 5) is 9.76. The maximum atomic E-state index is 9.76. The van der Waals surface area contributed by atoms with E-state index in [0.29, 0.717) is 12.8 Å². The molecular formula is C6H13NO2. The van der Waals surface area contributed by atoms with Gasteiger partial charge in [0, 0.05) is 6.42 Å². The van der Waals surface area contributed by atoms with E-state index in [0.717, 1.165) is 19.1 Å². The van der Waals surface area contributed by atoms with E-state index in [1.54, 1.807) is 0 Å². The van der Waals surface area contributed by atoms with E-state index in [-0.39, 0.29) is 0 Å². The maximum absolute atomic E-state index is 9.76. The Morgan fingerprint density at radius 3 is 2.67 bits per heavy atom. The molecule has 3 N–H and O–H groups in total. The summed E-state index contributed by atoms with van der Waals surface area (Å²) in [7, 11) is 0. The first-order valence-electron chi connectivity index (χ1n) is 3.14. The lowest BCUT2D eigenvalue weighted by Crippen LogP contribution is -2.17. The molecule has 0 heterocycles. The monoisotopic (exact) mass is 131 g/mol. The maximum Gasteiger partial charge on any atom is 0.119 e. The lowest BCUT2D eigenvalue weighted by atomic mass is 10.2. The summed E-state index contributed by atoms with van der Waals surface area (Å²) in [5, 5.41) is 8.54. The van der Waals surface area contributed by atoms with Crippen LogP contribution >= 0.6 is 0 Å². The molecule has 0 aliphatic rings. The molecule has 0 aliphatic heterocycles. The van der Waals surface area contributed by atoms with Gasteiger partial charge in [0.1, 0.15) is 12.5 Å². The van der Waals surface area contributed by atoms with Crippen molar-refractivity contribution in [2.75, 3.05) is 0 Å². The number of nitrogens with two attached hydrogens (primary N) is 1. The third kappa shape index (κ3) is 7.59. The van der Waals surface area contributed by atoms with Gasteiger partial charge in [-0.2, -0.15) is 0 Å². The van der Waals surface area contributed by atoms with Crippen LogP contribution in [0.1, 0.15) is 25.7 Å². The number of carbonyl (C=O) groups is 1. The Bertz CT molecular complexity index is 73.5. The SMILES string of the molecule is NC(O)CCCCC=O. The molecule has 0 radical (unpaired) electrons. The van der Waals surface area contributed by atoms with Crippen LogP contribution in [-0.4, -0.2) is 17.6 Å². The number of carbonyl (C=O) groups excluding carboxylic acids is 1. The number of aldehydes is 1. The highest BCUT2D eigenvalue weighted by Crippen LogP contribution is 1.98. The average Bonchev–Trinajstić information content (AvgIpc) is 1.80. The summed E-state index contributed by atoms with van der Waals surface area (Å²) in [5.41, 5.74) is 5.04. The third-order valence-corrected chi connectivity index (χ3v) is 1.07. The Kier molecular flexibility index (Phi) is 5.46. The smallest absolute Gasteiger partial charge is 0.119 e. The summed E-state index contributed by atoms with van der Waals surface area (Å²) in [5.74, 6) is 0. The van der Waals surface area contributed by atoms with Gasteiger partial charge in [-0.3, -0.25) is 0 Å². The molecule has 54 valence electrons. The minimum absolute atomic E-state index is 0.576. The molecule has 3 heteroatoms. The molecule has 0 aromatic carbocycles. The summed E-state index contributed by atoms with van der Waals surface area (Å²) in [6.45, 7) is 0. The van der Waals surface area contributed by atoms with Crippen molar-refractivity contribution in [2.24, 2.45) is 5.73 Å². The molecule has 0 saturated carbocycles. The van der Waals surface area contributed by atoms with E-state index in [9.17, 15) is 4.79 Å². The van der Waals surface area contributed by atoms with Crippen LogP contribution in [0.3, 0.4) is 0 Å². The quantitative estimate of drug-likeness (QED) is 0.314. The van der Waals surface area contributed by atoms with Gasteiger partial charge in [0.2, 0.25) is 0 Å². The van der Waals surface area contributed by atoms with Crippen molar-refractivity contribution >= 4 is 6.29 Å². The standard InChI is InChI=1S/C6H13NO2/c7-6(9)4-2-1-3-5-8/h5-6,9H,1-4,7H2. The molecular weight excluding hydrogens is 118 g/mol. The number of unbranched alkanes of at least 4 members (excludes halogenated alkanes) is 2. The molecule has 9 heavy (non-hydrogen) atoms. The van der Waals surface area contributed by atoms with Gasteiger partial charge >= 0.3 is 0 Å². The first-order valence-corrected chi connectivity index (χ1v) is 3.14. The Balaban J connectivity index is 2.82. The van der Waals surface area contributed by atoms with Gasteiger partial charge in [-0.25, -0.2) is 0 Å². The third-order valence-electron chi connectivity index (χ3n) is 1.07. The van der Waals surface area contributed by atoms with Crippen LogP contribution in [0.4, 0.5) is 0 Å². The predicted molar refractivity (Wildman–Crippen MR) is 34.7 cm³/mol. The predicted octanol–water partition coefficient (Wildman–Crippen LogP) is 0.0228. The van der Waals surface area contributed by atoms with E-state index in [2.05, 4.69) is 0 Å². The summed E-state index contributed by atoms with van der Waals surface area (Å²) in [6.07, 6.45) is 2.99. The Labute approximate surface area is 54.9 Å². The average molecular weight is 131 g/mol. The van der Waals surface area contributed by atoms with Gasteiger partial charge in [-0.15, -0.1) is 0 Å². The molecule has 0 aromatic rings. The Hall–Kier alpha value is -0.410. The van der Waals surface area contributed by atoms with Crippen molar-refractivity contribution in [3.8, 4) is 0 Å². The normalized spacial score (nSPS) is 13.1.